The topological polar surface area (TPSA) is 61.0 Å². The molecule has 0 spiro atoms. The predicted molar refractivity (Wildman–Crippen MR) is 84.0 cm³/mol. The molecular formula is C17H21N3O2. The molecule has 2 aromatic heterocycles. The molecule has 2 atom stereocenters. The number of aromatic nitrogens is 3. The number of pyridine rings is 1. The van der Waals surface area contributed by atoms with Crippen LogP contribution < -0.4 is 0 Å². The van der Waals surface area contributed by atoms with Crippen molar-refractivity contribution in [1.29, 1.82) is 0 Å². The molecule has 1 fully saturated rings. The number of rotatable bonds is 3. The molecule has 5 nitrogen and oxygen atoms in total. The lowest BCUT2D eigenvalue weighted by Crippen LogP contribution is -2.30. The highest BCUT2D eigenvalue weighted by molar-refractivity contribution is 5.63. The van der Waals surface area contributed by atoms with Gasteiger partial charge in [-0.05, 0) is 30.0 Å². The fourth-order valence-electron chi connectivity index (χ4n) is 2.79. The minimum absolute atomic E-state index is 0.0552. The molecule has 0 saturated carbocycles. The maximum atomic E-state index is 5.87. The third-order valence-corrected chi connectivity index (χ3v) is 3.80. The van der Waals surface area contributed by atoms with Gasteiger partial charge in [0, 0.05) is 18.9 Å². The second-order valence-corrected chi connectivity index (χ2v) is 6.62. The van der Waals surface area contributed by atoms with E-state index in [1.54, 1.807) is 12.3 Å². The molecule has 0 bridgehead atoms. The van der Waals surface area contributed by atoms with E-state index in [0.717, 1.165) is 18.7 Å². The van der Waals surface area contributed by atoms with Crippen molar-refractivity contribution in [3.8, 4) is 0 Å². The third kappa shape index (κ3) is 3.25. The van der Waals surface area contributed by atoms with Gasteiger partial charge < -0.3 is 9.15 Å². The Hall–Kier alpha value is -2.01. The van der Waals surface area contributed by atoms with Crippen molar-refractivity contribution in [2.45, 2.75) is 39.2 Å². The van der Waals surface area contributed by atoms with Gasteiger partial charge in [0.15, 0.2) is 0 Å². The Bertz CT molecular complexity index is 643. The maximum absolute atomic E-state index is 5.87. The van der Waals surface area contributed by atoms with Crippen molar-refractivity contribution in [3.05, 3.63) is 41.9 Å². The Morgan fingerprint density at radius 1 is 1.18 bits per heavy atom. The Kier molecular flexibility index (Phi) is 4.07. The van der Waals surface area contributed by atoms with Crippen LogP contribution in [0.1, 0.15) is 50.6 Å². The fraction of sp³-hybridized carbons (Fsp3) is 0.471. The van der Waals surface area contributed by atoms with Crippen LogP contribution in [0.25, 0.3) is 12.2 Å². The van der Waals surface area contributed by atoms with Gasteiger partial charge in [0.1, 0.15) is 0 Å². The summed E-state index contributed by atoms with van der Waals surface area (Å²) < 4.78 is 11.7. The van der Waals surface area contributed by atoms with Crippen molar-refractivity contribution in [2.24, 2.45) is 5.41 Å². The van der Waals surface area contributed by atoms with Gasteiger partial charge in [0.25, 0.3) is 0 Å². The van der Waals surface area contributed by atoms with Crippen molar-refractivity contribution < 1.29 is 9.15 Å². The predicted octanol–water partition coefficient (Wildman–Crippen LogP) is 3.55. The Morgan fingerprint density at radius 3 is 2.77 bits per heavy atom. The highest BCUT2D eigenvalue weighted by Gasteiger charge is 2.40. The summed E-state index contributed by atoms with van der Waals surface area (Å²) in [6.45, 7) is 7.27. The lowest BCUT2D eigenvalue weighted by atomic mass is 9.81. The summed E-state index contributed by atoms with van der Waals surface area (Å²) >= 11 is 0. The monoisotopic (exact) mass is 299 g/mol. The minimum atomic E-state index is 0.0552. The molecule has 0 amide bonds. The van der Waals surface area contributed by atoms with Gasteiger partial charge in [-0.1, -0.05) is 26.8 Å². The van der Waals surface area contributed by atoms with E-state index in [-0.39, 0.29) is 17.4 Å². The van der Waals surface area contributed by atoms with Crippen LogP contribution in [0.5, 0.6) is 0 Å². The third-order valence-electron chi connectivity index (χ3n) is 3.80. The number of hydrogen-bond acceptors (Lipinski definition) is 5. The van der Waals surface area contributed by atoms with Crippen molar-refractivity contribution in [3.63, 3.8) is 0 Å². The molecule has 0 unspecified atom stereocenters. The first-order chi connectivity index (χ1) is 10.5. The van der Waals surface area contributed by atoms with E-state index in [9.17, 15) is 0 Å². The molecule has 116 valence electrons. The molecule has 3 rings (SSSR count). The summed E-state index contributed by atoms with van der Waals surface area (Å²) in [5, 5.41) is 8.31. The molecule has 0 N–H and O–H groups in total. The molecule has 1 aliphatic rings. The summed E-state index contributed by atoms with van der Waals surface area (Å²) in [6.07, 6.45) is 6.45. The van der Waals surface area contributed by atoms with Crippen LogP contribution >= 0.6 is 0 Å². The lowest BCUT2D eigenvalue weighted by molar-refractivity contribution is 0.0171. The molecule has 0 aromatic carbocycles. The Balaban J connectivity index is 1.75. The molecule has 2 aromatic rings. The van der Waals surface area contributed by atoms with Crippen LogP contribution in [0, 0.1) is 5.41 Å². The maximum Gasteiger partial charge on any atom is 0.240 e. The molecule has 1 aliphatic heterocycles. The van der Waals surface area contributed by atoms with Gasteiger partial charge in [-0.3, -0.25) is 4.98 Å². The van der Waals surface area contributed by atoms with E-state index in [2.05, 4.69) is 36.0 Å². The minimum Gasteiger partial charge on any atom is -0.421 e. The highest BCUT2D eigenvalue weighted by atomic mass is 16.5. The van der Waals surface area contributed by atoms with Gasteiger partial charge in [0.2, 0.25) is 11.8 Å². The zero-order chi connectivity index (χ0) is 15.6. The summed E-state index contributed by atoms with van der Waals surface area (Å²) in [6, 6.07) is 5.75. The molecule has 5 heteroatoms. The van der Waals surface area contributed by atoms with E-state index < -0.39 is 0 Å². The lowest BCUT2D eigenvalue weighted by Gasteiger charge is -2.29. The van der Waals surface area contributed by atoms with Crippen molar-refractivity contribution in [2.75, 3.05) is 6.61 Å². The zero-order valence-corrected chi connectivity index (χ0v) is 13.2. The summed E-state index contributed by atoms with van der Waals surface area (Å²) in [5.41, 5.74) is 0.915. The molecule has 0 aliphatic carbocycles. The van der Waals surface area contributed by atoms with Gasteiger partial charge in [-0.25, -0.2) is 0 Å². The van der Waals surface area contributed by atoms with Crippen LogP contribution in [-0.2, 0) is 4.74 Å². The average Bonchev–Trinajstić information content (AvgIpc) is 3.14. The van der Waals surface area contributed by atoms with Gasteiger partial charge in [0.05, 0.1) is 17.7 Å². The first-order valence-corrected chi connectivity index (χ1v) is 7.58. The van der Waals surface area contributed by atoms with Crippen molar-refractivity contribution in [1.82, 2.24) is 15.2 Å². The quantitative estimate of drug-likeness (QED) is 0.867. The number of hydrogen-bond donors (Lipinski definition) is 0. The number of ether oxygens (including phenoxy) is 1. The van der Waals surface area contributed by atoms with Crippen LogP contribution in [0.4, 0.5) is 0 Å². The fourth-order valence-corrected chi connectivity index (χ4v) is 2.79. The number of nitrogens with zero attached hydrogens (tertiary/aromatic N) is 3. The first kappa shape index (κ1) is 14.9. The smallest absolute Gasteiger partial charge is 0.240 e. The van der Waals surface area contributed by atoms with Crippen LogP contribution in [-0.4, -0.2) is 27.9 Å². The van der Waals surface area contributed by atoms with Gasteiger partial charge >= 0.3 is 0 Å². The summed E-state index contributed by atoms with van der Waals surface area (Å²) in [5.74, 6) is 1.34. The van der Waals surface area contributed by atoms with E-state index in [1.807, 2.05) is 24.3 Å². The van der Waals surface area contributed by atoms with Crippen LogP contribution in [0.3, 0.4) is 0 Å². The van der Waals surface area contributed by atoms with E-state index in [0.29, 0.717) is 11.8 Å². The van der Waals surface area contributed by atoms with Crippen LogP contribution in [0.2, 0.25) is 0 Å². The molecular weight excluding hydrogens is 278 g/mol. The second kappa shape index (κ2) is 6.01. The molecule has 1 saturated heterocycles. The largest absolute Gasteiger partial charge is 0.421 e. The van der Waals surface area contributed by atoms with E-state index in [1.165, 1.54) is 0 Å². The molecule has 0 radical (unpaired) electrons. The Labute approximate surface area is 130 Å². The standard InChI is InChI=1S/C17H21N3O2/c1-17(2,3)15-13(9-11-21-15)16-20-19-14(22-16)8-7-12-6-4-5-10-18-12/h4-8,10,13,15H,9,11H2,1-3H3/b8-7+/t13-,15-/m0/s1. The molecule has 3 heterocycles. The molecule has 22 heavy (non-hydrogen) atoms. The Morgan fingerprint density at radius 2 is 2.05 bits per heavy atom. The second-order valence-electron chi connectivity index (χ2n) is 6.62. The van der Waals surface area contributed by atoms with Gasteiger partial charge in [-0.2, -0.15) is 0 Å². The summed E-state index contributed by atoms with van der Waals surface area (Å²) in [7, 11) is 0. The SMILES string of the molecule is CC(C)(C)[C@H]1OCC[C@@H]1c1nnc(/C=C/c2ccccn2)o1. The normalized spacial score (nSPS) is 22.5. The first-order valence-electron chi connectivity index (χ1n) is 7.58. The highest BCUT2D eigenvalue weighted by Crippen LogP contribution is 2.40. The van der Waals surface area contributed by atoms with E-state index in [4.69, 9.17) is 9.15 Å². The van der Waals surface area contributed by atoms with E-state index >= 15 is 0 Å². The van der Waals surface area contributed by atoms with Crippen LogP contribution in [0.15, 0.2) is 28.8 Å². The average molecular weight is 299 g/mol. The zero-order valence-electron chi connectivity index (χ0n) is 13.2. The van der Waals surface area contributed by atoms with Gasteiger partial charge in [-0.15, -0.1) is 10.2 Å². The van der Waals surface area contributed by atoms with Crippen molar-refractivity contribution >= 4 is 12.2 Å². The summed E-state index contributed by atoms with van der Waals surface area (Å²) in [4.78, 5) is 4.23.